The average Bonchev–Trinajstić information content (AvgIpc) is 3.15. The van der Waals surface area contributed by atoms with Crippen molar-refractivity contribution in [3.63, 3.8) is 0 Å². The zero-order valence-electron chi connectivity index (χ0n) is 16.0. The molecule has 146 valence electrons. The molecule has 28 heavy (non-hydrogen) atoms. The van der Waals surface area contributed by atoms with Crippen LogP contribution >= 0.6 is 22.6 Å². The van der Waals surface area contributed by atoms with Gasteiger partial charge < -0.3 is 9.47 Å². The van der Waals surface area contributed by atoms with Crippen LogP contribution in [0.5, 0.6) is 11.5 Å². The molecule has 3 aromatic rings. The number of ether oxygens (including phenoxy) is 2. The second-order valence-corrected chi connectivity index (χ2v) is 7.71. The number of methoxy groups -OCH3 is 1. The first kappa shape index (κ1) is 20.4. The van der Waals surface area contributed by atoms with Gasteiger partial charge in [0.2, 0.25) is 0 Å². The van der Waals surface area contributed by atoms with E-state index in [1.54, 1.807) is 7.11 Å². The van der Waals surface area contributed by atoms with E-state index in [0.717, 1.165) is 48.6 Å². The fraction of sp³-hybridized carbons (Fsp3) is 0.273. The number of rotatable bonds is 10. The molecule has 2 aromatic carbocycles. The van der Waals surface area contributed by atoms with Crippen LogP contribution in [0.15, 0.2) is 61.3 Å². The van der Waals surface area contributed by atoms with E-state index in [2.05, 4.69) is 63.7 Å². The first-order chi connectivity index (χ1) is 13.7. The summed E-state index contributed by atoms with van der Waals surface area (Å²) in [5.74, 6) is 1.51. The number of hydrogen-bond donors (Lipinski definition) is 0. The van der Waals surface area contributed by atoms with Gasteiger partial charge in [0.05, 0.1) is 26.0 Å². The summed E-state index contributed by atoms with van der Waals surface area (Å²) >= 11 is 2.31. The van der Waals surface area contributed by atoms with Gasteiger partial charge in [-0.05, 0) is 77.2 Å². The van der Waals surface area contributed by atoms with Gasteiger partial charge in [0.15, 0.2) is 11.5 Å². The Bertz CT molecular complexity index is 906. The Morgan fingerprint density at radius 3 is 2.64 bits per heavy atom. The zero-order chi connectivity index (χ0) is 19.8. The van der Waals surface area contributed by atoms with Crippen molar-refractivity contribution in [3.05, 3.63) is 81.7 Å². The van der Waals surface area contributed by atoms with Gasteiger partial charge in [-0.2, -0.15) is 0 Å². The van der Waals surface area contributed by atoms with Crippen LogP contribution in [0.4, 0.5) is 0 Å². The van der Waals surface area contributed by atoms with Gasteiger partial charge in [0, 0.05) is 9.77 Å². The Morgan fingerprint density at radius 1 is 1.11 bits per heavy atom. The third-order valence-corrected chi connectivity index (χ3v) is 5.01. The molecule has 1 heterocycles. The van der Waals surface area contributed by atoms with E-state index in [-0.39, 0.29) is 0 Å². The SMILES string of the molecule is C=CCc1ccc(OCCCc2cn(Cc3ccc(I)cc3)nn2)c(OC)c1. The molecular formula is C22H24IN3O2. The summed E-state index contributed by atoms with van der Waals surface area (Å²) in [6, 6.07) is 14.4. The monoisotopic (exact) mass is 489 g/mol. The summed E-state index contributed by atoms with van der Waals surface area (Å²) < 4.78 is 14.4. The normalized spacial score (nSPS) is 10.6. The number of benzene rings is 2. The summed E-state index contributed by atoms with van der Waals surface area (Å²) in [5.41, 5.74) is 3.35. The van der Waals surface area contributed by atoms with E-state index < -0.39 is 0 Å². The molecule has 0 unspecified atom stereocenters. The highest BCUT2D eigenvalue weighted by atomic mass is 127. The van der Waals surface area contributed by atoms with E-state index in [0.29, 0.717) is 6.61 Å². The fourth-order valence-corrected chi connectivity index (χ4v) is 3.23. The van der Waals surface area contributed by atoms with Crippen molar-refractivity contribution in [1.82, 2.24) is 15.0 Å². The summed E-state index contributed by atoms with van der Waals surface area (Å²) in [7, 11) is 1.66. The van der Waals surface area contributed by atoms with Crippen molar-refractivity contribution in [2.75, 3.05) is 13.7 Å². The molecule has 0 amide bonds. The number of nitrogens with zero attached hydrogens (tertiary/aromatic N) is 3. The number of hydrogen-bond acceptors (Lipinski definition) is 4. The van der Waals surface area contributed by atoms with Gasteiger partial charge in [-0.1, -0.05) is 29.5 Å². The van der Waals surface area contributed by atoms with Crippen molar-refractivity contribution in [2.45, 2.75) is 25.8 Å². The highest BCUT2D eigenvalue weighted by Gasteiger charge is 2.06. The molecule has 6 heteroatoms. The quantitative estimate of drug-likeness (QED) is 0.236. The molecule has 0 bridgehead atoms. The first-order valence-corrected chi connectivity index (χ1v) is 10.3. The van der Waals surface area contributed by atoms with Crippen LogP contribution < -0.4 is 9.47 Å². The predicted octanol–water partition coefficient (Wildman–Crippen LogP) is 4.68. The maximum Gasteiger partial charge on any atom is 0.161 e. The van der Waals surface area contributed by atoms with Crippen LogP contribution in [0, 0.1) is 3.57 Å². The van der Waals surface area contributed by atoms with Crippen LogP contribution in [-0.4, -0.2) is 28.7 Å². The predicted molar refractivity (Wildman–Crippen MR) is 119 cm³/mol. The number of halogens is 1. The van der Waals surface area contributed by atoms with Gasteiger partial charge in [-0.25, -0.2) is 4.68 Å². The van der Waals surface area contributed by atoms with E-state index in [9.17, 15) is 0 Å². The topological polar surface area (TPSA) is 49.2 Å². The molecule has 0 aliphatic rings. The molecular weight excluding hydrogens is 465 g/mol. The highest BCUT2D eigenvalue weighted by molar-refractivity contribution is 14.1. The lowest BCUT2D eigenvalue weighted by Gasteiger charge is -2.11. The van der Waals surface area contributed by atoms with Crippen LogP contribution in [0.25, 0.3) is 0 Å². The van der Waals surface area contributed by atoms with Crippen molar-refractivity contribution in [3.8, 4) is 11.5 Å². The molecule has 3 rings (SSSR count). The first-order valence-electron chi connectivity index (χ1n) is 9.22. The number of allylic oxidation sites excluding steroid dienone is 1. The van der Waals surface area contributed by atoms with Crippen LogP contribution in [0.2, 0.25) is 0 Å². The summed E-state index contributed by atoms with van der Waals surface area (Å²) in [6.45, 7) is 5.10. The minimum atomic E-state index is 0.598. The van der Waals surface area contributed by atoms with Crippen molar-refractivity contribution in [1.29, 1.82) is 0 Å². The lowest BCUT2D eigenvalue weighted by molar-refractivity contribution is 0.289. The Kier molecular flexibility index (Phi) is 7.47. The Balaban J connectivity index is 1.47. The molecule has 5 nitrogen and oxygen atoms in total. The molecule has 0 fully saturated rings. The van der Waals surface area contributed by atoms with Gasteiger partial charge in [-0.15, -0.1) is 11.7 Å². The minimum Gasteiger partial charge on any atom is -0.493 e. The average molecular weight is 489 g/mol. The van der Waals surface area contributed by atoms with Crippen LogP contribution in [0.1, 0.15) is 23.2 Å². The molecule has 0 N–H and O–H groups in total. The molecule has 0 atom stereocenters. The van der Waals surface area contributed by atoms with Crippen molar-refractivity contribution >= 4 is 22.6 Å². The Hall–Kier alpha value is -2.35. The van der Waals surface area contributed by atoms with Crippen molar-refractivity contribution in [2.24, 2.45) is 0 Å². The maximum atomic E-state index is 5.89. The molecule has 0 saturated heterocycles. The van der Waals surface area contributed by atoms with E-state index in [1.165, 1.54) is 9.13 Å². The molecule has 0 aliphatic carbocycles. The maximum absolute atomic E-state index is 5.89. The van der Waals surface area contributed by atoms with Gasteiger partial charge in [0.25, 0.3) is 0 Å². The molecule has 1 aromatic heterocycles. The fourth-order valence-electron chi connectivity index (χ4n) is 2.87. The van der Waals surface area contributed by atoms with Crippen LogP contribution in [0.3, 0.4) is 0 Å². The lowest BCUT2D eigenvalue weighted by Crippen LogP contribution is -2.02. The molecule has 0 saturated carbocycles. The summed E-state index contributed by atoms with van der Waals surface area (Å²) in [5, 5.41) is 8.48. The zero-order valence-corrected chi connectivity index (χ0v) is 18.1. The molecule has 0 radical (unpaired) electrons. The highest BCUT2D eigenvalue weighted by Crippen LogP contribution is 2.28. The van der Waals surface area contributed by atoms with Gasteiger partial charge >= 0.3 is 0 Å². The number of aromatic nitrogens is 3. The summed E-state index contributed by atoms with van der Waals surface area (Å²) in [6.07, 6.45) is 6.38. The second-order valence-electron chi connectivity index (χ2n) is 6.46. The largest absolute Gasteiger partial charge is 0.493 e. The van der Waals surface area contributed by atoms with E-state index in [1.807, 2.05) is 35.2 Å². The smallest absolute Gasteiger partial charge is 0.161 e. The Labute approximate surface area is 179 Å². The Morgan fingerprint density at radius 2 is 1.89 bits per heavy atom. The third-order valence-electron chi connectivity index (χ3n) is 4.29. The van der Waals surface area contributed by atoms with E-state index in [4.69, 9.17) is 9.47 Å². The lowest BCUT2D eigenvalue weighted by atomic mass is 10.1. The molecule has 0 aliphatic heterocycles. The molecule has 0 spiro atoms. The summed E-state index contributed by atoms with van der Waals surface area (Å²) in [4.78, 5) is 0. The van der Waals surface area contributed by atoms with Crippen molar-refractivity contribution < 1.29 is 9.47 Å². The number of aryl methyl sites for hydroxylation is 1. The standard InChI is InChI=1S/C22H24IN3O2/c1-3-5-17-9-12-21(22(14-17)27-2)28-13-4-6-20-16-26(25-24-20)15-18-7-10-19(23)11-8-18/h3,7-12,14,16H,1,4-6,13,15H2,2H3. The van der Waals surface area contributed by atoms with Crippen LogP contribution in [-0.2, 0) is 19.4 Å². The van der Waals surface area contributed by atoms with Gasteiger partial charge in [0.1, 0.15) is 0 Å². The third kappa shape index (κ3) is 5.82. The minimum absolute atomic E-state index is 0.598. The van der Waals surface area contributed by atoms with Gasteiger partial charge in [-0.3, -0.25) is 0 Å². The second kappa shape index (κ2) is 10.3. The van der Waals surface area contributed by atoms with E-state index >= 15 is 0 Å².